The van der Waals surface area contributed by atoms with Crippen LogP contribution in [0.3, 0.4) is 0 Å². The molecule has 4 nitrogen and oxygen atoms in total. The molecule has 0 aromatic heterocycles. The molecule has 1 aliphatic heterocycles. The Morgan fingerprint density at radius 2 is 1.85 bits per heavy atom. The highest BCUT2D eigenvalue weighted by Crippen LogP contribution is 2.36. The monoisotopic (exact) mass is 301 g/mol. The average molecular weight is 301 g/mol. The lowest BCUT2D eigenvalue weighted by Crippen LogP contribution is -2.48. The standard InChI is InChI=1S/C15H27NO3S/c1-9(2)13-16(11(8-20-13)14(18)19)12(17)7-10(3)15(4,5)6/h9-11,13H,7-8H2,1-6H3,(H,18,19). The van der Waals surface area contributed by atoms with E-state index >= 15 is 0 Å². The summed E-state index contributed by atoms with van der Waals surface area (Å²) in [6.45, 7) is 12.5. The van der Waals surface area contributed by atoms with Crippen molar-refractivity contribution in [2.75, 3.05) is 5.75 Å². The lowest BCUT2D eigenvalue weighted by molar-refractivity contribution is -0.150. The Hall–Kier alpha value is -0.710. The van der Waals surface area contributed by atoms with E-state index in [1.807, 2.05) is 13.8 Å². The van der Waals surface area contributed by atoms with Gasteiger partial charge in [-0.3, -0.25) is 4.79 Å². The van der Waals surface area contributed by atoms with Gasteiger partial charge in [0.15, 0.2) is 0 Å². The highest BCUT2D eigenvalue weighted by molar-refractivity contribution is 8.00. The molecule has 1 fully saturated rings. The highest BCUT2D eigenvalue weighted by Gasteiger charge is 2.43. The molecule has 1 rings (SSSR count). The molecule has 1 N–H and O–H groups in total. The molecular formula is C15H27NO3S. The third-order valence-corrected chi connectivity index (χ3v) is 5.76. The molecule has 0 bridgehead atoms. The van der Waals surface area contributed by atoms with E-state index in [0.29, 0.717) is 12.2 Å². The zero-order valence-electron chi connectivity index (χ0n) is 13.3. The van der Waals surface area contributed by atoms with E-state index in [-0.39, 0.29) is 28.5 Å². The molecule has 0 aromatic carbocycles. The van der Waals surface area contributed by atoms with Crippen molar-refractivity contribution in [2.45, 2.75) is 59.4 Å². The van der Waals surface area contributed by atoms with Crippen LogP contribution in [0.15, 0.2) is 0 Å². The predicted octanol–water partition coefficient (Wildman–Crippen LogP) is 3.07. The van der Waals surface area contributed by atoms with E-state index in [0.717, 1.165) is 0 Å². The second-order valence-corrected chi connectivity index (χ2v) is 8.24. The molecule has 0 aromatic rings. The van der Waals surface area contributed by atoms with E-state index < -0.39 is 12.0 Å². The molecule has 116 valence electrons. The largest absolute Gasteiger partial charge is 0.480 e. The number of carbonyl (C=O) groups excluding carboxylic acids is 1. The third-order valence-electron chi connectivity index (χ3n) is 4.14. The number of nitrogens with zero attached hydrogens (tertiary/aromatic N) is 1. The van der Waals surface area contributed by atoms with Gasteiger partial charge >= 0.3 is 5.97 Å². The Balaban J connectivity index is 2.87. The van der Waals surface area contributed by atoms with E-state index in [9.17, 15) is 14.7 Å². The van der Waals surface area contributed by atoms with Crippen LogP contribution in [0.2, 0.25) is 0 Å². The molecule has 0 aliphatic carbocycles. The molecule has 5 heteroatoms. The van der Waals surface area contributed by atoms with Crippen LogP contribution in [-0.2, 0) is 9.59 Å². The maximum Gasteiger partial charge on any atom is 0.327 e. The summed E-state index contributed by atoms with van der Waals surface area (Å²) in [6.07, 6.45) is 0.414. The van der Waals surface area contributed by atoms with E-state index in [4.69, 9.17) is 0 Å². The maximum atomic E-state index is 12.6. The normalized spacial score (nSPS) is 25.1. The van der Waals surface area contributed by atoms with Crippen molar-refractivity contribution in [2.24, 2.45) is 17.3 Å². The number of thioether (sulfide) groups is 1. The lowest BCUT2D eigenvalue weighted by Gasteiger charge is -2.33. The van der Waals surface area contributed by atoms with Gasteiger partial charge in [0.1, 0.15) is 6.04 Å². The van der Waals surface area contributed by atoms with Crippen LogP contribution in [-0.4, -0.2) is 39.1 Å². The van der Waals surface area contributed by atoms with Crippen LogP contribution in [0.1, 0.15) is 48.0 Å². The minimum absolute atomic E-state index is 0.0178. The van der Waals surface area contributed by atoms with Crippen molar-refractivity contribution in [3.05, 3.63) is 0 Å². The molecule has 1 amide bonds. The Kier molecular flexibility index (Phi) is 5.53. The molecule has 3 atom stereocenters. The molecule has 1 aliphatic rings. The number of carbonyl (C=O) groups is 2. The van der Waals surface area contributed by atoms with Crippen molar-refractivity contribution < 1.29 is 14.7 Å². The van der Waals surface area contributed by atoms with Gasteiger partial charge in [0.05, 0.1) is 5.37 Å². The number of carboxylic acids is 1. The van der Waals surface area contributed by atoms with Gasteiger partial charge < -0.3 is 10.0 Å². The molecule has 0 radical (unpaired) electrons. The van der Waals surface area contributed by atoms with Crippen molar-refractivity contribution in [3.8, 4) is 0 Å². The fourth-order valence-corrected chi connectivity index (χ4v) is 3.71. The van der Waals surface area contributed by atoms with E-state index in [1.165, 1.54) is 0 Å². The lowest BCUT2D eigenvalue weighted by atomic mass is 9.80. The Bertz CT molecular complexity index is 376. The maximum absolute atomic E-state index is 12.6. The van der Waals surface area contributed by atoms with Gasteiger partial charge in [0, 0.05) is 12.2 Å². The van der Waals surface area contributed by atoms with Crippen molar-refractivity contribution in [3.63, 3.8) is 0 Å². The minimum Gasteiger partial charge on any atom is -0.480 e. The smallest absolute Gasteiger partial charge is 0.327 e. The van der Waals surface area contributed by atoms with Gasteiger partial charge in [-0.1, -0.05) is 41.5 Å². The minimum atomic E-state index is -0.891. The SMILES string of the molecule is CC(C)C1SCC(C(=O)O)N1C(=O)CC(C)C(C)(C)C. The molecule has 0 saturated carbocycles. The topological polar surface area (TPSA) is 57.6 Å². The van der Waals surface area contributed by atoms with Crippen molar-refractivity contribution in [1.29, 1.82) is 0 Å². The Morgan fingerprint density at radius 3 is 2.25 bits per heavy atom. The number of rotatable bonds is 4. The van der Waals surface area contributed by atoms with Crippen molar-refractivity contribution in [1.82, 2.24) is 4.90 Å². The number of hydrogen-bond acceptors (Lipinski definition) is 3. The molecule has 3 unspecified atom stereocenters. The summed E-state index contributed by atoms with van der Waals surface area (Å²) in [5.41, 5.74) is 0.0502. The summed E-state index contributed by atoms with van der Waals surface area (Å²) in [6, 6.07) is -0.674. The predicted molar refractivity (Wildman–Crippen MR) is 82.6 cm³/mol. The summed E-state index contributed by atoms with van der Waals surface area (Å²) < 4.78 is 0. The van der Waals surface area contributed by atoms with Gasteiger partial charge in [-0.15, -0.1) is 11.8 Å². The molecule has 20 heavy (non-hydrogen) atoms. The first-order valence-electron chi connectivity index (χ1n) is 7.21. The van der Waals surface area contributed by atoms with Gasteiger partial charge in [-0.2, -0.15) is 0 Å². The number of hydrogen-bond donors (Lipinski definition) is 1. The van der Waals surface area contributed by atoms with E-state index in [2.05, 4.69) is 27.7 Å². The van der Waals surface area contributed by atoms with Gasteiger partial charge in [-0.25, -0.2) is 4.79 Å². The number of amides is 1. The fourth-order valence-electron chi connectivity index (χ4n) is 2.22. The quantitative estimate of drug-likeness (QED) is 0.867. The Labute approximate surface area is 126 Å². The Morgan fingerprint density at radius 1 is 1.30 bits per heavy atom. The van der Waals surface area contributed by atoms with Crippen LogP contribution in [0.25, 0.3) is 0 Å². The first-order valence-corrected chi connectivity index (χ1v) is 8.26. The van der Waals surface area contributed by atoms with Crippen LogP contribution >= 0.6 is 11.8 Å². The zero-order valence-corrected chi connectivity index (χ0v) is 14.2. The van der Waals surface area contributed by atoms with Gasteiger partial charge in [-0.05, 0) is 17.3 Å². The second kappa shape index (κ2) is 6.37. The highest BCUT2D eigenvalue weighted by atomic mass is 32.2. The summed E-state index contributed by atoms with van der Waals surface area (Å²) in [5.74, 6) is 0.0652. The number of carboxylic acid groups (broad SMARTS) is 1. The molecule has 1 heterocycles. The van der Waals surface area contributed by atoms with Crippen LogP contribution in [0.4, 0.5) is 0 Å². The molecular weight excluding hydrogens is 274 g/mol. The molecule has 1 saturated heterocycles. The van der Waals surface area contributed by atoms with Gasteiger partial charge in [0.2, 0.25) is 5.91 Å². The summed E-state index contributed by atoms with van der Waals surface area (Å²) in [4.78, 5) is 25.6. The first-order chi connectivity index (χ1) is 9.05. The first kappa shape index (κ1) is 17.3. The van der Waals surface area contributed by atoms with E-state index in [1.54, 1.807) is 16.7 Å². The van der Waals surface area contributed by atoms with Crippen LogP contribution in [0, 0.1) is 17.3 Å². The van der Waals surface area contributed by atoms with Crippen LogP contribution in [0.5, 0.6) is 0 Å². The summed E-state index contributed by atoms with van der Waals surface area (Å²) in [5, 5.41) is 9.30. The second-order valence-electron chi connectivity index (χ2n) is 7.09. The molecule has 0 spiro atoms. The van der Waals surface area contributed by atoms with Crippen molar-refractivity contribution >= 4 is 23.6 Å². The number of aliphatic carboxylic acids is 1. The summed E-state index contributed by atoms with van der Waals surface area (Å²) in [7, 11) is 0. The van der Waals surface area contributed by atoms with Gasteiger partial charge in [0.25, 0.3) is 0 Å². The third kappa shape index (κ3) is 3.90. The fraction of sp³-hybridized carbons (Fsp3) is 0.867. The van der Waals surface area contributed by atoms with Crippen LogP contribution < -0.4 is 0 Å². The zero-order chi connectivity index (χ0) is 15.7. The summed E-state index contributed by atoms with van der Waals surface area (Å²) >= 11 is 1.58. The average Bonchev–Trinajstić information content (AvgIpc) is 2.71.